The average Bonchev–Trinajstić information content (AvgIpc) is 3.05. The summed E-state index contributed by atoms with van der Waals surface area (Å²) in [6.07, 6.45) is 1.57. The Balaban J connectivity index is 1.65. The molecular weight excluding hydrogens is 434 g/mol. The number of amides is 2. The van der Waals surface area contributed by atoms with Gasteiger partial charge in [-0.15, -0.1) is 0 Å². The van der Waals surface area contributed by atoms with Gasteiger partial charge >= 0.3 is 11.9 Å². The van der Waals surface area contributed by atoms with E-state index in [0.29, 0.717) is 11.3 Å². The Kier molecular flexibility index (Phi) is 7.32. The van der Waals surface area contributed by atoms with Crippen molar-refractivity contribution in [1.82, 2.24) is 4.90 Å². The Hall–Kier alpha value is -3.59. The van der Waals surface area contributed by atoms with Gasteiger partial charge in [0.2, 0.25) is 0 Å². The molecule has 0 unspecified atom stereocenters. The number of carbonyl (C=O) groups is 4. The van der Waals surface area contributed by atoms with Crippen LogP contribution in [0, 0.1) is 0 Å². The largest absolute Gasteiger partial charge is 0.489 e. The van der Waals surface area contributed by atoms with Crippen LogP contribution in [0.2, 0.25) is 0 Å². The van der Waals surface area contributed by atoms with Crippen LogP contribution in [0.25, 0.3) is 6.08 Å². The van der Waals surface area contributed by atoms with Crippen molar-refractivity contribution < 1.29 is 33.8 Å². The molecule has 1 fully saturated rings. The number of aromatic carboxylic acids is 1. The molecule has 32 heavy (non-hydrogen) atoms. The number of carboxylic acids is 1. The summed E-state index contributed by atoms with van der Waals surface area (Å²) in [5.41, 5.74) is 1.59. The number of benzene rings is 2. The third-order valence-corrected chi connectivity index (χ3v) is 5.48. The number of thioether (sulfide) groups is 1. The van der Waals surface area contributed by atoms with Crippen molar-refractivity contribution in [2.75, 3.05) is 6.61 Å². The lowest BCUT2D eigenvalue weighted by Gasteiger charge is -2.19. The van der Waals surface area contributed by atoms with Gasteiger partial charge < -0.3 is 14.6 Å². The van der Waals surface area contributed by atoms with E-state index >= 15 is 0 Å². The minimum atomic E-state index is -1.00. The van der Waals surface area contributed by atoms with Gasteiger partial charge in [0.15, 0.2) is 0 Å². The minimum Gasteiger partial charge on any atom is -0.489 e. The highest BCUT2D eigenvalue weighted by molar-refractivity contribution is 8.18. The van der Waals surface area contributed by atoms with Crippen LogP contribution in [0.5, 0.6) is 5.75 Å². The van der Waals surface area contributed by atoms with E-state index in [1.54, 1.807) is 55.5 Å². The minimum absolute atomic E-state index is 0.161. The molecule has 0 aliphatic carbocycles. The van der Waals surface area contributed by atoms with Crippen molar-refractivity contribution in [1.29, 1.82) is 0 Å². The Morgan fingerprint density at radius 3 is 2.53 bits per heavy atom. The number of ether oxygens (including phenoxy) is 2. The van der Waals surface area contributed by atoms with E-state index in [1.165, 1.54) is 13.0 Å². The highest BCUT2D eigenvalue weighted by Crippen LogP contribution is 2.34. The highest BCUT2D eigenvalue weighted by Gasteiger charge is 2.41. The number of carboxylic acid groups (broad SMARTS) is 1. The van der Waals surface area contributed by atoms with Crippen molar-refractivity contribution in [3.63, 3.8) is 0 Å². The molecule has 2 amide bonds. The fourth-order valence-corrected chi connectivity index (χ4v) is 3.86. The maximum absolute atomic E-state index is 12.6. The first-order chi connectivity index (χ1) is 15.3. The molecule has 0 spiro atoms. The van der Waals surface area contributed by atoms with Crippen LogP contribution in [0.4, 0.5) is 4.79 Å². The molecule has 1 N–H and O–H groups in total. The Bertz CT molecular complexity index is 1080. The van der Waals surface area contributed by atoms with Gasteiger partial charge in [0, 0.05) is 0 Å². The van der Waals surface area contributed by atoms with Crippen LogP contribution in [-0.2, 0) is 20.9 Å². The molecular formula is C23H21NO7S. The van der Waals surface area contributed by atoms with Crippen molar-refractivity contribution in [3.8, 4) is 5.75 Å². The van der Waals surface area contributed by atoms with Crippen LogP contribution < -0.4 is 4.74 Å². The lowest BCUT2D eigenvalue weighted by atomic mass is 10.1. The summed E-state index contributed by atoms with van der Waals surface area (Å²) in [7, 11) is 0. The van der Waals surface area contributed by atoms with Gasteiger partial charge in [-0.3, -0.25) is 14.5 Å². The molecule has 0 saturated carbocycles. The summed E-state index contributed by atoms with van der Waals surface area (Å²) >= 11 is 0.767. The second-order valence-electron chi connectivity index (χ2n) is 6.84. The molecule has 2 aromatic carbocycles. The predicted octanol–water partition coefficient (Wildman–Crippen LogP) is 3.95. The number of carbonyl (C=O) groups excluding carboxylic acids is 3. The summed E-state index contributed by atoms with van der Waals surface area (Å²) in [5.74, 6) is -1.62. The SMILES string of the molecule is CCOC(=O)[C@H](C)N1C(=O)S/C(=C/c2ccc(OCc3cccc(C(=O)O)c3)cc2)C1=O. The van der Waals surface area contributed by atoms with E-state index in [1.807, 2.05) is 0 Å². The van der Waals surface area contributed by atoms with Gasteiger partial charge in [-0.2, -0.15) is 0 Å². The van der Waals surface area contributed by atoms with E-state index in [9.17, 15) is 19.2 Å². The second-order valence-corrected chi connectivity index (χ2v) is 7.84. The molecule has 0 aromatic heterocycles. The molecule has 8 nitrogen and oxygen atoms in total. The third kappa shape index (κ3) is 5.36. The predicted molar refractivity (Wildman–Crippen MR) is 118 cm³/mol. The summed E-state index contributed by atoms with van der Waals surface area (Å²) in [6.45, 7) is 3.47. The highest BCUT2D eigenvalue weighted by atomic mass is 32.2. The third-order valence-electron chi connectivity index (χ3n) is 4.60. The number of rotatable bonds is 8. The first-order valence-electron chi connectivity index (χ1n) is 9.79. The van der Waals surface area contributed by atoms with E-state index in [-0.39, 0.29) is 23.7 Å². The summed E-state index contributed by atoms with van der Waals surface area (Å²) in [5, 5.41) is 8.53. The Morgan fingerprint density at radius 2 is 1.88 bits per heavy atom. The van der Waals surface area contributed by atoms with E-state index in [2.05, 4.69) is 0 Å². The number of imide groups is 1. The fraction of sp³-hybridized carbons (Fsp3) is 0.217. The Morgan fingerprint density at radius 1 is 1.16 bits per heavy atom. The van der Waals surface area contributed by atoms with Crippen LogP contribution in [0.15, 0.2) is 53.4 Å². The smallest absolute Gasteiger partial charge is 0.335 e. The van der Waals surface area contributed by atoms with Crippen LogP contribution >= 0.6 is 11.8 Å². The molecule has 3 rings (SSSR count). The molecule has 0 radical (unpaired) electrons. The van der Waals surface area contributed by atoms with Gasteiger partial charge in [-0.25, -0.2) is 9.59 Å². The lowest BCUT2D eigenvalue weighted by Crippen LogP contribution is -2.42. The van der Waals surface area contributed by atoms with Gasteiger partial charge in [0.1, 0.15) is 18.4 Å². The number of nitrogens with zero attached hydrogens (tertiary/aromatic N) is 1. The molecule has 1 aliphatic heterocycles. The van der Waals surface area contributed by atoms with Crippen molar-refractivity contribution >= 4 is 40.9 Å². The van der Waals surface area contributed by atoms with E-state index in [4.69, 9.17) is 14.6 Å². The zero-order chi connectivity index (χ0) is 23.3. The molecule has 166 valence electrons. The molecule has 1 saturated heterocycles. The normalized spacial score (nSPS) is 15.7. The molecule has 9 heteroatoms. The molecule has 1 aliphatic rings. The number of esters is 1. The standard InChI is InChI=1S/C23H21NO7S/c1-3-30-22(28)14(2)24-20(25)19(32-23(24)29)12-15-7-9-18(10-8-15)31-13-16-5-4-6-17(11-16)21(26)27/h4-12,14H,3,13H2,1-2H3,(H,26,27)/b19-12+/t14-/m0/s1. The van der Waals surface area contributed by atoms with Crippen molar-refractivity contribution in [3.05, 3.63) is 70.1 Å². The number of hydrogen-bond acceptors (Lipinski definition) is 7. The maximum atomic E-state index is 12.6. The van der Waals surface area contributed by atoms with E-state index < -0.39 is 29.1 Å². The zero-order valence-electron chi connectivity index (χ0n) is 17.4. The first kappa shape index (κ1) is 23.1. The monoisotopic (exact) mass is 455 g/mol. The summed E-state index contributed by atoms with van der Waals surface area (Å²) < 4.78 is 10.6. The van der Waals surface area contributed by atoms with Crippen molar-refractivity contribution in [2.24, 2.45) is 0 Å². The maximum Gasteiger partial charge on any atom is 0.335 e. The summed E-state index contributed by atoms with van der Waals surface area (Å²) in [6, 6.07) is 12.4. The van der Waals surface area contributed by atoms with Crippen molar-refractivity contribution in [2.45, 2.75) is 26.5 Å². The number of hydrogen-bond donors (Lipinski definition) is 1. The average molecular weight is 455 g/mol. The van der Waals surface area contributed by atoms with Crippen LogP contribution in [0.3, 0.4) is 0 Å². The first-order valence-corrected chi connectivity index (χ1v) is 10.6. The molecule has 1 atom stereocenters. The Labute approximate surface area is 188 Å². The quantitative estimate of drug-likeness (QED) is 0.471. The van der Waals surface area contributed by atoms with Gasteiger partial charge in [0.25, 0.3) is 11.1 Å². The van der Waals surface area contributed by atoms with Crippen LogP contribution in [0.1, 0.15) is 35.3 Å². The van der Waals surface area contributed by atoms with E-state index in [0.717, 1.165) is 22.2 Å². The second kappa shape index (κ2) is 10.1. The van der Waals surface area contributed by atoms with Gasteiger partial charge in [0.05, 0.1) is 17.1 Å². The van der Waals surface area contributed by atoms with Crippen LogP contribution in [-0.4, -0.2) is 45.7 Å². The van der Waals surface area contributed by atoms with Gasteiger partial charge in [-0.05, 0) is 67.1 Å². The topological polar surface area (TPSA) is 110 Å². The molecule has 1 heterocycles. The molecule has 0 bridgehead atoms. The lowest BCUT2D eigenvalue weighted by molar-refractivity contribution is -0.150. The zero-order valence-corrected chi connectivity index (χ0v) is 18.3. The van der Waals surface area contributed by atoms with Gasteiger partial charge in [-0.1, -0.05) is 24.3 Å². The fourth-order valence-electron chi connectivity index (χ4n) is 2.95. The summed E-state index contributed by atoms with van der Waals surface area (Å²) in [4.78, 5) is 48.9. The molecule has 2 aromatic rings.